The molecule has 0 amide bonds. The summed E-state index contributed by atoms with van der Waals surface area (Å²) in [6.07, 6.45) is -2.94. The van der Waals surface area contributed by atoms with Gasteiger partial charge in [0.15, 0.2) is 11.4 Å². The predicted octanol–water partition coefficient (Wildman–Crippen LogP) is 2.56. The fraction of sp³-hybridized carbons (Fsp3) is 0.286. The lowest BCUT2D eigenvalue weighted by Crippen LogP contribution is -2.04. The second-order valence-electron chi connectivity index (χ2n) is 2.60. The molecule has 9 heteroatoms. The van der Waals surface area contributed by atoms with Crippen molar-refractivity contribution in [1.82, 2.24) is 4.98 Å². The van der Waals surface area contributed by atoms with Crippen LogP contribution in [0.2, 0.25) is 0 Å². The van der Waals surface area contributed by atoms with Crippen molar-refractivity contribution in [3.8, 4) is 5.75 Å². The summed E-state index contributed by atoms with van der Waals surface area (Å²) >= 11 is 1.61. The molecule has 0 saturated heterocycles. The first-order valence-corrected chi connectivity index (χ1v) is 7.13. The average molecular weight is 384 g/mol. The Kier molecular flexibility index (Phi) is 4.29. The van der Waals surface area contributed by atoms with E-state index in [0.29, 0.717) is 0 Å². The molecule has 1 aromatic heterocycles. The van der Waals surface area contributed by atoms with Crippen molar-refractivity contribution >= 4 is 42.3 Å². The van der Waals surface area contributed by atoms with Crippen LogP contribution in [-0.2, 0) is 9.05 Å². The predicted molar refractivity (Wildman–Crippen MR) is 61.5 cm³/mol. The Hall–Kier alpha value is -0.220. The van der Waals surface area contributed by atoms with E-state index in [2.05, 4.69) is 9.72 Å². The van der Waals surface area contributed by atoms with Crippen molar-refractivity contribution < 1.29 is 21.9 Å². The molecule has 0 aromatic carbocycles. The summed E-state index contributed by atoms with van der Waals surface area (Å²) in [5.74, 6) is -0.523. The standard InChI is InChI=1S/C7H5ClF2INO3S/c1-15-6-3(16(8,13)14)2-4(11)12-5(6)7(9)10/h2,7H,1H3. The lowest BCUT2D eigenvalue weighted by Gasteiger charge is -2.10. The van der Waals surface area contributed by atoms with Gasteiger partial charge in [-0.1, -0.05) is 0 Å². The summed E-state index contributed by atoms with van der Waals surface area (Å²) in [6, 6.07) is 1.06. The zero-order chi connectivity index (χ0) is 12.5. The molecular weight excluding hydrogens is 379 g/mol. The van der Waals surface area contributed by atoms with Crippen LogP contribution < -0.4 is 4.74 Å². The molecule has 16 heavy (non-hydrogen) atoms. The van der Waals surface area contributed by atoms with E-state index in [1.807, 2.05) is 0 Å². The molecule has 0 radical (unpaired) electrons. The highest BCUT2D eigenvalue weighted by molar-refractivity contribution is 14.1. The van der Waals surface area contributed by atoms with Gasteiger partial charge in [0.25, 0.3) is 15.5 Å². The van der Waals surface area contributed by atoms with E-state index >= 15 is 0 Å². The van der Waals surface area contributed by atoms with Crippen LogP contribution in [0.5, 0.6) is 5.75 Å². The Morgan fingerprint density at radius 3 is 2.50 bits per heavy atom. The van der Waals surface area contributed by atoms with Gasteiger partial charge < -0.3 is 4.74 Å². The maximum atomic E-state index is 12.6. The highest BCUT2D eigenvalue weighted by Gasteiger charge is 2.26. The van der Waals surface area contributed by atoms with Gasteiger partial charge in [-0.05, 0) is 28.7 Å². The number of aromatic nitrogens is 1. The first-order chi connectivity index (χ1) is 7.27. The normalized spacial score (nSPS) is 11.9. The van der Waals surface area contributed by atoms with Gasteiger partial charge in [-0.25, -0.2) is 22.2 Å². The lowest BCUT2D eigenvalue weighted by atomic mass is 10.3. The third-order valence-corrected chi connectivity index (χ3v) is 3.49. The Bertz CT molecular complexity index is 509. The molecule has 0 unspecified atom stereocenters. The lowest BCUT2D eigenvalue weighted by molar-refractivity contribution is 0.140. The average Bonchev–Trinajstić information content (AvgIpc) is 2.14. The second kappa shape index (κ2) is 4.96. The number of nitrogens with zero attached hydrogens (tertiary/aromatic N) is 1. The smallest absolute Gasteiger partial charge is 0.284 e. The van der Waals surface area contributed by atoms with Crippen molar-refractivity contribution in [3.05, 3.63) is 15.5 Å². The summed E-state index contributed by atoms with van der Waals surface area (Å²) in [5.41, 5.74) is -0.742. The molecule has 0 spiro atoms. The van der Waals surface area contributed by atoms with E-state index < -0.39 is 31.8 Å². The summed E-state index contributed by atoms with van der Waals surface area (Å²) in [7, 11) is 2.02. The fourth-order valence-corrected chi connectivity index (χ4v) is 2.82. The van der Waals surface area contributed by atoms with Gasteiger partial charge in [-0.2, -0.15) is 0 Å². The molecule has 0 atom stereocenters. The minimum absolute atomic E-state index is 0.0907. The zero-order valence-corrected chi connectivity index (χ0v) is 11.5. The van der Waals surface area contributed by atoms with Crippen molar-refractivity contribution in [2.45, 2.75) is 11.3 Å². The highest BCUT2D eigenvalue weighted by atomic mass is 127. The van der Waals surface area contributed by atoms with Crippen LogP contribution in [0.3, 0.4) is 0 Å². The topological polar surface area (TPSA) is 56.3 Å². The molecule has 0 N–H and O–H groups in total. The quantitative estimate of drug-likeness (QED) is 0.457. The van der Waals surface area contributed by atoms with E-state index in [1.54, 1.807) is 22.6 Å². The third kappa shape index (κ3) is 2.92. The number of halogens is 4. The Balaban J connectivity index is 3.62. The Morgan fingerprint density at radius 2 is 2.12 bits per heavy atom. The summed E-state index contributed by atoms with van der Waals surface area (Å²) in [5, 5.41) is 0. The minimum Gasteiger partial charge on any atom is -0.493 e. The van der Waals surface area contributed by atoms with Crippen molar-refractivity contribution in [2.75, 3.05) is 7.11 Å². The number of hydrogen-bond acceptors (Lipinski definition) is 4. The van der Waals surface area contributed by atoms with E-state index in [0.717, 1.165) is 13.2 Å². The minimum atomic E-state index is -4.16. The molecule has 1 heterocycles. The molecule has 1 aromatic rings. The third-order valence-electron chi connectivity index (χ3n) is 1.61. The summed E-state index contributed by atoms with van der Waals surface area (Å²) < 4.78 is 52.2. The fourth-order valence-electron chi connectivity index (χ4n) is 1.03. The molecule has 0 aliphatic heterocycles. The van der Waals surface area contributed by atoms with Crippen molar-refractivity contribution in [1.29, 1.82) is 0 Å². The number of hydrogen-bond donors (Lipinski definition) is 0. The maximum Gasteiger partial charge on any atom is 0.284 e. The molecule has 0 aliphatic rings. The van der Waals surface area contributed by atoms with Crippen LogP contribution in [0.4, 0.5) is 8.78 Å². The van der Waals surface area contributed by atoms with Crippen LogP contribution in [-0.4, -0.2) is 20.5 Å². The number of alkyl halides is 2. The van der Waals surface area contributed by atoms with Crippen molar-refractivity contribution in [3.63, 3.8) is 0 Å². The van der Waals surface area contributed by atoms with Crippen molar-refractivity contribution in [2.24, 2.45) is 0 Å². The molecule has 90 valence electrons. The van der Waals surface area contributed by atoms with E-state index in [9.17, 15) is 17.2 Å². The van der Waals surface area contributed by atoms with Gasteiger partial charge >= 0.3 is 0 Å². The van der Waals surface area contributed by atoms with Gasteiger partial charge in [0.05, 0.1) is 7.11 Å². The highest BCUT2D eigenvalue weighted by Crippen LogP contribution is 2.35. The Labute approximate surface area is 109 Å². The number of methoxy groups -OCH3 is 1. The van der Waals surface area contributed by atoms with Gasteiger partial charge in [0.1, 0.15) is 8.60 Å². The number of rotatable bonds is 3. The van der Waals surface area contributed by atoms with E-state index in [-0.39, 0.29) is 3.70 Å². The number of pyridine rings is 1. The Morgan fingerprint density at radius 1 is 1.56 bits per heavy atom. The molecule has 0 saturated carbocycles. The molecule has 0 fully saturated rings. The van der Waals surface area contributed by atoms with Crippen LogP contribution in [0, 0.1) is 3.70 Å². The monoisotopic (exact) mass is 383 g/mol. The van der Waals surface area contributed by atoms with Crippen LogP contribution in [0.15, 0.2) is 11.0 Å². The number of ether oxygens (including phenoxy) is 1. The van der Waals surface area contributed by atoms with Gasteiger partial charge in [0, 0.05) is 10.7 Å². The van der Waals surface area contributed by atoms with Crippen LogP contribution >= 0.6 is 33.3 Å². The maximum absolute atomic E-state index is 12.6. The molecular formula is C7H5ClF2INO3S. The largest absolute Gasteiger partial charge is 0.493 e. The van der Waals surface area contributed by atoms with Gasteiger partial charge in [0.2, 0.25) is 0 Å². The molecule has 0 aliphatic carbocycles. The summed E-state index contributed by atoms with van der Waals surface area (Å²) in [4.78, 5) is 3.00. The molecule has 4 nitrogen and oxygen atoms in total. The summed E-state index contributed by atoms with van der Waals surface area (Å²) in [6.45, 7) is 0. The molecule has 1 rings (SSSR count). The van der Waals surface area contributed by atoms with E-state index in [4.69, 9.17) is 10.7 Å². The SMILES string of the molecule is COc1c(S(=O)(=O)Cl)cc(I)nc1C(F)F. The first-order valence-electron chi connectivity index (χ1n) is 3.74. The van der Waals surface area contributed by atoms with E-state index in [1.165, 1.54) is 0 Å². The van der Waals surface area contributed by atoms with Crippen LogP contribution in [0.1, 0.15) is 12.1 Å². The zero-order valence-electron chi connectivity index (χ0n) is 7.75. The molecule has 0 bridgehead atoms. The second-order valence-corrected chi connectivity index (χ2v) is 6.24. The first kappa shape index (κ1) is 13.8. The van der Waals surface area contributed by atoms with Crippen LogP contribution in [0.25, 0.3) is 0 Å². The van der Waals surface area contributed by atoms with Gasteiger partial charge in [-0.3, -0.25) is 0 Å². The van der Waals surface area contributed by atoms with Gasteiger partial charge in [-0.15, -0.1) is 0 Å².